The van der Waals surface area contributed by atoms with Crippen LogP contribution in [0.3, 0.4) is 0 Å². The van der Waals surface area contributed by atoms with Crippen molar-refractivity contribution in [3.05, 3.63) is 12.3 Å². The molecular formula is C17H29NO2. The third-order valence-corrected chi connectivity index (χ3v) is 3.87. The fraction of sp³-hybridized carbons (Fsp3) is 0.765. The molecule has 0 aliphatic carbocycles. The standard InChI is InChI=1S/C17H29NO2/c1-2-3-4-5-6-7-8-9-10-11-12-13-16(19)18-15-14-17(18)20/h14-15H,2-13H2,1H3. The summed E-state index contributed by atoms with van der Waals surface area (Å²) in [4.78, 5) is 23.8. The van der Waals surface area contributed by atoms with Gasteiger partial charge in [0.05, 0.1) is 0 Å². The number of hydrogen-bond acceptors (Lipinski definition) is 2. The Bertz CT molecular complexity index is 323. The Kier molecular flexibility index (Phi) is 9.01. The highest BCUT2D eigenvalue weighted by atomic mass is 16.2. The number of imide groups is 1. The molecule has 0 N–H and O–H groups in total. The third-order valence-electron chi connectivity index (χ3n) is 3.87. The van der Waals surface area contributed by atoms with Crippen molar-refractivity contribution in [2.24, 2.45) is 0 Å². The molecule has 0 atom stereocenters. The molecular weight excluding hydrogens is 250 g/mol. The van der Waals surface area contributed by atoms with Crippen LogP contribution in [0.4, 0.5) is 0 Å². The van der Waals surface area contributed by atoms with Crippen LogP contribution in [0.25, 0.3) is 0 Å². The van der Waals surface area contributed by atoms with Crippen molar-refractivity contribution in [2.45, 2.75) is 84.0 Å². The number of unbranched alkanes of at least 4 members (excludes halogenated alkanes) is 10. The minimum atomic E-state index is -0.168. The molecule has 0 aromatic carbocycles. The Hall–Kier alpha value is -1.12. The van der Waals surface area contributed by atoms with Gasteiger partial charge in [0.25, 0.3) is 5.91 Å². The van der Waals surface area contributed by atoms with E-state index in [1.807, 2.05) is 0 Å². The zero-order valence-electron chi connectivity index (χ0n) is 12.9. The SMILES string of the molecule is CCCCCCCCCCCCCC(=O)N1C=CC1=O. The second-order valence-corrected chi connectivity index (χ2v) is 5.70. The highest BCUT2D eigenvalue weighted by Gasteiger charge is 2.22. The molecule has 0 radical (unpaired) electrons. The van der Waals surface area contributed by atoms with Crippen LogP contribution in [-0.2, 0) is 9.59 Å². The third kappa shape index (κ3) is 6.88. The van der Waals surface area contributed by atoms with E-state index >= 15 is 0 Å². The van der Waals surface area contributed by atoms with E-state index in [0.717, 1.165) is 12.8 Å². The summed E-state index contributed by atoms with van der Waals surface area (Å²) in [5.41, 5.74) is 0. The van der Waals surface area contributed by atoms with Gasteiger partial charge < -0.3 is 0 Å². The van der Waals surface area contributed by atoms with Crippen molar-refractivity contribution >= 4 is 11.8 Å². The second-order valence-electron chi connectivity index (χ2n) is 5.70. The minimum absolute atomic E-state index is 0.0478. The van der Waals surface area contributed by atoms with Crippen LogP contribution >= 0.6 is 0 Å². The Morgan fingerprint density at radius 1 is 0.900 bits per heavy atom. The molecule has 3 nitrogen and oxygen atoms in total. The first-order chi connectivity index (χ1) is 9.75. The largest absolute Gasteiger partial charge is 0.274 e. The summed E-state index contributed by atoms with van der Waals surface area (Å²) in [6.45, 7) is 2.25. The highest BCUT2D eigenvalue weighted by molar-refractivity contribution is 6.06. The summed E-state index contributed by atoms with van der Waals surface area (Å²) < 4.78 is 0. The minimum Gasteiger partial charge on any atom is -0.274 e. The average Bonchev–Trinajstić information content (AvgIpc) is 2.43. The van der Waals surface area contributed by atoms with Gasteiger partial charge in [-0.05, 0) is 6.42 Å². The normalized spacial score (nSPS) is 13.7. The van der Waals surface area contributed by atoms with Crippen LogP contribution in [0.15, 0.2) is 12.3 Å². The lowest BCUT2D eigenvalue weighted by Gasteiger charge is -2.20. The molecule has 1 heterocycles. The summed E-state index contributed by atoms with van der Waals surface area (Å²) in [6, 6.07) is 0. The van der Waals surface area contributed by atoms with Crippen LogP contribution in [0.5, 0.6) is 0 Å². The molecule has 0 bridgehead atoms. The van der Waals surface area contributed by atoms with Crippen LogP contribution in [0, 0.1) is 0 Å². The number of amides is 2. The lowest BCUT2D eigenvalue weighted by molar-refractivity contribution is -0.140. The lowest BCUT2D eigenvalue weighted by Crippen LogP contribution is -2.36. The molecule has 114 valence electrons. The Morgan fingerprint density at radius 3 is 1.80 bits per heavy atom. The van der Waals surface area contributed by atoms with E-state index in [1.165, 1.54) is 68.8 Å². The number of rotatable bonds is 12. The maximum atomic E-state index is 11.5. The summed E-state index contributed by atoms with van der Waals surface area (Å²) in [5.74, 6) is -0.216. The van der Waals surface area contributed by atoms with E-state index < -0.39 is 0 Å². The number of carbonyl (C=O) groups excluding carboxylic acids is 2. The Labute approximate surface area is 123 Å². The average molecular weight is 279 g/mol. The lowest BCUT2D eigenvalue weighted by atomic mass is 10.0. The van der Waals surface area contributed by atoms with Gasteiger partial charge in [0.1, 0.15) is 0 Å². The van der Waals surface area contributed by atoms with Gasteiger partial charge in [0.15, 0.2) is 0 Å². The first-order valence-electron chi connectivity index (χ1n) is 8.30. The van der Waals surface area contributed by atoms with Crippen LogP contribution < -0.4 is 0 Å². The molecule has 0 aromatic rings. The van der Waals surface area contributed by atoms with Gasteiger partial charge in [0, 0.05) is 18.7 Å². The van der Waals surface area contributed by atoms with Crippen LogP contribution in [0.1, 0.15) is 84.0 Å². The molecule has 0 aromatic heterocycles. The van der Waals surface area contributed by atoms with Crippen LogP contribution in [-0.4, -0.2) is 16.7 Å². The van der Waals surface area contributed by atoms with Gasteiger partial charge in [-0.25, -0.2) is 0 Å². The van der Waals surface area contributed by atoms with E-state index in [1.54, 1.807) is 6.20 Å². The monoisotopic (exact) mass is 279 g/mol. The fourth-order valence-electron chi connectivity index (χ4n) is 2.48. The summed E-state index contributed by atoms with van der Waals surface area (Å²) in [5, 5.41) is 0. The number of hydrogen-bond donors (Lipinski definition) is 0. The van der Waals surface area contributed by atoms with Crippen molar-refractivity contribution in [2.75, 3.05) is 0 Å². The van der Waals surface area contributed by atoms with E-state index in [2.05, 4.69) is 6.92 Å². The van der Waals surface area contributed by atoms with E-state index in [4.69, 9.17) is 0 Å². The fourth-order valence-corrected chi connectivity index (χ4v) is 2.48. The van der Waals surface area contributed by atoms with Gasteiger partial charge in [-0.1, -0.05) is 71.1 Å². The summed E-state index contributed by atoms with van der Waals surface area (Å²) in [7, 11) is 0. The Morgan fingerprint density at radius 2 is 1.40 bits per heavy atom. The topological polar surface area (TPSA) is 37.4 Å². The van der Waals surface area contributed by atoms with E-state index in [0.29, 0.717) is 6.42 Å². The molecule has 1 aliphatic heterocycles. The van der Waals surface area contributed by atoms with Gasteiger partial charge in [-0.2, -0.15) is 0 Å². The highest BCUT2D eigenvalue weighted by Crippen LogP contribution is 2.13. The van der Waals surface area contributed by atoms with Crippen molar-refractivity contribution in [3.8, 4) is 0 Å². The van der Waals surface area contributed by atoms with Crippen molar-refractivity contribution in [1.29, 1.82) is 0 Å². The predicted molar refractivity (Wildman–Crippen MR) is 82.1 cm³/mol. The number of nitrogens with zero attached hydrogens (tertiary/aromatic N) is 1. The van der Waals surface area contributed by atoms with Crippen molar-refractivity contribution in [3.63, 3.8) is 0 Å². The molecule has 0 fully saturated rings. The zero-order chi connectivity index (χ0) is 14.6. The van der Waals surface area contributed by atoms with E-state index in [-0.39, 0.29) is 11.8 Å². The van der Waals surface area contributed by atoms with E-state index in [9.17, 15) is 9.59 Å². The molecule has 20 heavy (non-hydrogen) atoms. The maximum absolute atomic E-state index is 11.5. The first kappa shape index (κ1) is 16.9. The van der Waals surface area contributed by atoms with Crippen LogP contribution in [0.2, 0.25) is 0 Å². The Balaban J connectivity index is 1.80. The molecule has 2 amide bonds. The summed E-state index contributed by atoms with van der Waals surface area (Å²) in [6.07, 6.45) is 17.5. The van der Waals surface area contributed by atoms with Crippen molar-refractivity contribution < 1.29 is 9.59 Å². The molecule has 1 aliphatic rings. The zero-order valence-corrected chi connectivity index (χ0v) is 12.9. The molecule has 0 spiro atoms. The van der Waals surface area contributed by atoms with Gasteiger partial charge in [-0.15, -0.1) is 0 Å². The first-order valence-corrected chi connectivity index (χ1v) is 8.30. The second kappa shape index (κ2) is 10.6. The van der Waals surface area contributed by atoms with Gasteiger partial charge >= 0.3 is 0 Å². The molecule has 0 unspecified atom stereocenters. The molecule has 3 heteroatoms. The molecule has 0 saturated carbocycles. The molecule has 1 rings (SSSR count). The smallest absolute Gasteiger partial charge is 0.258 e. The summed E-state index contributed by atoms with van der Waals surface area (Å²) >= 11 is 0. The molecule has 0 saturated heterocycles. The predicted octanol–water partition coefficient (Wildman–Crippen LogP) is 4.57. The quantitative estimate of drug-likeness (QED) is 0.491. The van der Waals surface area contributed by atoms with Gasteiger partial charge in [-0.3, -0.25) is 14.5 Å². The maximum Gasteiger partial charge on any atom is 0.258 e. The van der Waals surface area contributed by atoms with Gasteiger partial charge in [0.2, 0.25) is 5.91 Å². The number of carbonyl (C=O) groups is 2. The van der Waals surface area contributed by atoms with Crippen molar-refractivity contribution in [1.82, 2.24) is 4.90 Å².